The number of carbonyl (C=O) groups is 1. The monoisotopic (exact) mass is 418 g/mol. The van der Waals surface area contributed by atoms with Crippen LogP contribution >= 0.6 is 0 Å². The van der Waals surface area contributed by atoms with Crippen molar-refractivity contribution >= 4 is 28.9 Å². The van der Waals surface area contributed by atoms with Crippen LogP contribution in [0.15, 0.2) is 54.9 Å². The van der Waals surface area contributed by atoms with E-state index in [2.05, 4.69) is 26.1 Å². The zero-order chi connectivity index (χ0) is 21.7. The molecule has 156 valence electrons. The van der Waals surface area contributed by atoms with Crippen LogP contribution in [0.4, 0.5) is 36.2 Å². The van der Waals surface area contributed by atoms with Crippen molar-refractivity contribution < 1.29 is 22.7 Å². The summed E-state index contributed by atoms with van der Waals surface area (Å²) in [7, 11) is 1.45. The Morgan fingerprint density at radius 3 is 2.37 bits per heavy atom. The topological polar surface area (TPSA) is 114 Å². The second kappa shape index (κ2) is 8.55. The fraction of sp³-hybridized carbons (Fsp3) is 0.105. The Kier molecular flexibility index (Phi) is 5.90. The third-order valence-corrected chi connectivity index (χ3v) is 4.00. The summed E-state index contributed by atoms with van der Waals surface area (Å²) in [6, 6.07) is 11.0. The Labute approximate surface area is 169 Å². The molecule has 0 unspecified atom stereocenters. The van der Waals surface area contributed by atoms with E-state index in [1.807, 2.05) is 0 Å². The van der Waals surface area contributed by atoms with Gasteiger partial charge in [-0.25, -0.2) is 9.97 Å². The number of amides is 1. The molecule has 0 atom stereocenters. The van der Waals surface area contributed by atoms with Crippen LogP contribution in [-0.2, 0) is 6.18 Å². The lowest BCUT2D eigenvalue weighted by Crippen LogP contribution is -2.30. The van der Waals surface area contributed by atoms with Crippen LogP contribution in [0.5, 0.6) is 5.75 Å². The SMILES string of the molecule is COc1ccccc1C(=O)NNc1ncnc(Nc2ccc(C(F)(F)F)cc2)c1N. The minimum Gasteiger partial charge on any atom is -0.496 e. The number of alkyl halides is 3. The molecule has 2 aromatic carbocycles. The molecule has 0 spiro atoms. The molecule has 30 heavy (non-hydrogen) atoms. The van der Waals surface area contributed by atoms with Gasteiger partial charge in [-0.2, -0.15) is 13.2 Å². The predicted molar refractivity (Wildman–Crippen MR) is 105 cm³/mol. The first-order chi connectivity index (χ1) is 14.3. The number of hydrazine groups is 1. The first kappa shape index (κ1) is 20.7. The number of hydrogen-bond donors (Lipinski definition) is 4. The number of nitrogen functional groups attached to an aromatic ring is 1. The minimum absolute atomic E-state index is 0.0534. The maximum atomic E-state index is 12.7. The second-order valence-electron chi connectivity index (χ2n) is 5.96. The zero-order valence-corrected chi connectivity index (χ0v) is 15.6. The molecule has 0 bridgehead atoms. The largest absolute Gasteiger partial charge is 0.496 e. The fourth-order valence-corrected chi connectivity index (χ4v) is 2.49. The van der Waals surface area contributed by atoms with Crippen LogP contribution in [0.2, 0.25) is 0 Å². The lowest BCUT2D eigenvalue weighted by atomic mass is 10.2. The third-order valence-electron chi connectivity index (χ3n) is 4.00. The van der Waals surface area contributed by atoms with E-state index in [0.29, 0.717) is 17.0 Å². The van der Waals surface area contributed by atoms with Gasteiger partial charge in [-0.15, -0.1) is 0 Å². The number of nitrogens with zero attached hydrogens (tertiary/aromatic N) is 2. The molecule has 1 amide bonds. The molecule has 0 radical (unpaired) electrons. The summed E-state index contributed by atoms with van der Waals surface area (Å²) in [5, 5.41) is 2.81. The maximum absolute atomic E-state index is 12.7. The summed E-state index contributed by atoms with van der Waals surface area (Å²) in [4.78, 5) is 20.3. The van der Waals surface area contributed by atoms with Crippen LogP contribution < -0.4 is 26.6 Å². The van der Waals surface area contributed by atoms with Crippen molar-refractivity contribution in [1.29, 1.82) is 0 Å². The molecule has 1 heterocycles. The number of aromatic nitrogens is 2. The summed E-state index contributed by atoms with van der Waals surface area (Å²) in [5.74, 6) is 0.154. The standard InChI is InChI=1S/C19H17F3N6O2/c1-30-14-5-3-2-4-13(14)18(29)28-27-17-15(23)16(24-10-25-17)26-12-8-6-11(7-9-12)19(20,21)22/h2-10H,23H2,1H3,(H,28,29)(H2,24,25,26,27). The van der Waals surface area contributed by atoms with Crippen molar-refractivity contribution in [3.8, 4) is 5.75 Å². The number of ether oxygens (including phenoxy) is 1. The van der Waals surface area contributed by atoms with Crippen molar-refractivity contribution in [2.75, 3.05) is 23.6 Å². The highest BCUT2D eigenvalue weighted by Gasteiger charge is 2.30. The normalized spacial score (nSPS) is 10.9. The first-order valence-electron chi connectivity index (χ1n) is 8.53. The van der Waals surface area contributed by atoms with Gasteiger partial charge in [0.15, 0.2) is 11.6 Å². The summed E-state index contributed by atoms with van der Waals surface area (Å²) >= 11 is 0. The molecule has 3 rings (SSSR count). The average molecular weight is 418 g/mol. The number of para-hydroxylation sites is 1. The lowest BCUT2D eigenvalue weighted by molar-refractivity contribution is -0.137. The van der Waals surface area contributed by atoms with Gasteiger partial charge in [-0.1, -0.05) is 12.1 Å². The number of halogens is 3. The van der Waals surface area contributed by atoms with Gasteiger partial charge < -0.3 is 15.8 Å². The lowest BCUT2D eigenvalue weighted by Gasteiger charge is -2.14. The highest BCUT2D eigenvalue weighted by atomic mass is 19.4. The summed E-state index contributed by atoms with van der Waals surface area (Å²) in [6.45, 7) is 0. The molecule has 0 saturated carbocycles. The van der Waals surface area contributed by atoms with Crippen molar-refractivity contribution in [2.24, 2.45) is 0 Å². The van der Waals surface area contributed by atoms with E-state index < -0.39 is 17.6 Å². The molecule has 0 aliphatic rings. The van der Waals surface area contributed by atoms with E-state index in [-0.39, 0.29) is 17.3 Å². The molecular formula is C19H17F3N6O2. The number of nitrogens with two attached hydrogens (primary N) is 1. The second-order valence-corrected chi connectivity index (χ2v) is 5.96. The number of anilines is 4. The van der Waals surface area contributed by atoms with E-state index in [1.54, 1.807) is 24.3 Å². The van der Waals surface area contributed by atoms with Gasteiger partial charge in [0.1, 0.15) is 17.8 Å². The van der Waals surface area contributed by atoms with Crippen LogP contribution in [0.3, 0.4) is 0 Å². The molecule has 11 heteroatoms. The fourth-order valence-electron chi connectivity index (χ4n) is 2.49. The number of carbonyl (C=O) groups excluding carboxylic acids is 1. The van der Waals surface area contributed by atoms with Gasteiger partial charge in [0, 0.05) is 5.69 Å². The van der Waals surface area contributed by atoms with Gasteiger partial charge in [-0.05, 0) is 36.4 Å². The molecule has 0 aliphatic heterocycles. The van der Waals surface area contributed by atoms with Gasteiger partial charge >= 0.3 is 6.18 Å². The quantitative estimate of drug-likeness (QED) is 0.453. The summed E-state index contributed by atoms with van der Waals surface area (Å²) in [5.41, 5.74) is 11.0. The van der Waals surface area contributed by atoms with Crippen LogP contribution in [0.25, 0.3) is 0 Å². The Morgan fingerprint density at radius 1 is 1.03 bits per heavy atom. The molecule has 1 aromatic heterocycles. The van der Waals surface area contributed by atoms with Crippen molar-refractivity contribution in [1.82, 2.24) is 15.4 Å². The Balaban J connectivity index is 1.71. The molecule has 5 N–H and O–H groups in total. The van der Waals surface area contributed by atoms with E-state index >= 15 is 0 Å². The van der Waals surface area contributed by atoms with Gasteiger partial charge in [0.05, 0.1) is 18.2 Å². The number of methoxy groups -OCH3 is 1. The molecule has 3 aromatic rings. The maximum Gasteiger partial charge on any atom is 0.416 e. The number of hydrogen-bond acceptors (Lipinski definition) is 7. The summed E-state index contributed by atoms with van der Waals surface area (Å²) in [6.07, 6.45) is -3.25. The molecule has 8 nitrogen and oxygen atoms in total. The van der Waals surface area contributed by atoms with Gasteiger partial charge in [0.2, 0.25) is 0 Å². The first-order valence-corrected chi connectivity index (χ1v) is 8.53. The van der Waals surface area contributed by atoms with Crippen molar-refractivity contribution in [2.45, 2.75) is 6.18 Å². The Bertz CT molecular complexity index is 1040. The average Bonchev–Trinajstić information content (AvgIpc) is 2.74. The van der Waals surface area contributed by atoms with E-state index in [4.69, 9.17) is 10.5 Å². The predicted octanol–water partition coefficient (Wildman–Crippen LogP) is 3.59. The van der Waals surface area contributed by atoms with E-state index in [0.717, 1.165) is 12.1 Å². The summed E-state index contributed by atoms with van der Waals surface area (Å²) < 4.78 is 43.2. The van der Waals surface area contributed by atoms with Gasteiger partial charge in [0.25, 0.3) is 5.91 Å². The highest BCUT2D eigenvalue weighted by Crippen LogP contribution is 2.31. The number of nitrogens with one attached hydrogen (secondary N) is 3. The van der Waals surface area contributed by atoms with Crippen LogP contribution in [0.1, 0.15) is 15.9 Å². The minimum atomic E-state index is -4.43. The van der Waals surface area contributed by atoms with Crippen LogP contribution in [-0.4, -0.2) is 23.0 Å². The molecule has 0 saturated heterocycles. The Hall–Kier alpha value is -4.02. The molecule has 0 aliphatic carbocycles. The zero-order valence-electron chi connectivity index (χ0n) is 15.6. The van der Waals surface area contributed by atoms with Gasteiger partial charge in [-0.3, -0.25) is 15.6 Å². The highest BCUT2D eigenvalue weighted by molar-refractivity contribution is 5.97. The smallest absolute Gasteiger partial charge is 0.416 e. The van der Waals surface area contributed by atoms with Crippen molar-refractivity contribution in [3.05, 3.63) is 66.0 Å². The van der Waals surface area contributed by atoms with E-state index in [9.17, 15) is 18.0 Å². The number of benzene rings is 2. The van der Waals surface area contributed by atoms with Crippen molar-refractivity contribution in [3.63, 3.8) is 0 Å². The number of rotatable bonds is 6. The Morgan fingerprint density at radius 2 is 1.70 bits per heavy atom. The third kappa shape index (κ3) is 4.69. The van der Waals surface area contributed by atoms with E-state index in [1.165, 1.54) is 25.6 Å². The molecular weight excluding hydrogens is 401 g/mol. The van der Waals surface area contributed by atoms with Crippen LogP contribution in [0, 0.1) is 0 Å². The molecule has 0 fully saturated rings.